The van der Waals surface area contributed by atoms with Crippen LogP contribution in [0.4, 0.5) is 0 Å². The highest BCUT2D eigenvalue weighted by atomic mass is 15.2. The smallest absolute Gasteiger partial charge is 0.0124 e. The summed E-state index contributed by atoms with van der Waals surface area (Å²) in [6, 6.07) is 1.57. The zero-order valence-corrected chi connectivity index (χ0v) is 12.6. The van der Waals surface area contributed by atoms with Gasteiger partial charge in [-0.1, -0.05) is 26.7 Å². The Balaban J connectivity index is 1.74. The van der Waals surface area contributed by atoms with Crippen molar-refractivity contribution in [3.05, 3.63) is 0 Å². The number of nitrogens with one attached hydrogen (secondary N) is 1. The van der Waals surface area contributed by atoms with Crippen molar-refractivity contribution in [2.75, 3.05) is 19.6 Å². The van der Waals surface area contributed by atoms with E-state index >= 15 is 0 Å². The van der Waals surface area contributed by atoms with Gasteiger partial charge < -0.3 is 5.32 Å². The molecule has 1 aliphatic heterocycles. The van der Waals surface area contributed by atoms with Crippen LogP contribution in [-0.4, -0.2) is 36.6 Å². The van der Waals surface area contributed by atoms with E-state index < -0.39 is 0 Å². The topological polar surface area (TPSA) is 15.3 Å². The van der Waals surface area contributed by atoms with Crippen molar-refractivity contribution in [1.82, 2.24) is 10.2 Å². The average molecular weight is 252 g/mol. The van der Waals surface area contributed by atoms with E-state index in [-0.39, 0.29) is 0 Å². The van der Waals surface area contributed by atoms with Crippen LogP contribution in [0.25, 0.3) is 0 Å². The number of likely N-dealkylation sites (tertiary alicyclic amines) is 1. The lowest BCUT2D eigenvalue weighted by Crippen LogP contribution is -2.49. The quantitative estimate of drug-likeness (QED) is 0.808. The fourth-order valence-electron chi connectivity index (χ4n) is 3.68. The summed E-state index contributed by atoms with van der Waals surface area (Å²) in [6.45, 7) is 10.7. The van der Waals surface area contributed by atoms with Crippen molar-refractivity contribution >= 4 is 0 Å². The molecule has 2 nitrogen and oxygen atoms in total. The third-order valence-corrected chi connectivity index (χ3v) is 5.22. The van der Waals surface area contributed by atoms with Crippen LogP contribution >= 0.6 is 0 Å². The van der Waals surface area contributed by atoms with E-state index in [0.29, 0.717) is 6.04 Å². The minimum atomic E-state index is 0.650. The van der Waals surface area contributed by atoms with Crippen molar-refractivity contribution in [1.29, 1.82) is 0 Å². The highest BCUT2D eigenvalue weighted by Crippen LogP contribution is 2.34. The fraction of sp³-hybridized carbons (Fsp3) is 1.00. The maximum Gasteiger partial charge on any atom is 0.0124 e. The number of nitrogens with zero attached hydrogens (tertiary/aromatic N) is 1. The lowest BCUT2D eigenvalue weighted by atomic mass is 9.78. The molecule has 0 radical (unpaired) electrons. The molecular weight excluding hydrogens is 220 g/mol. The predicted molar refractivity (Wildman–Crippen MR) is 78.9 cm³/mol. The molecule has 1 heterocycles. The van der Waals surface area contributed by atoms with Crippen molar-refractivity contribution in [3.8, 4) is 0 Å². The van der Waals surface area contributed by atoms with Gasteiger partial charge in [-0.3, -0.25) is 4.90 Å². The zero-order valence-electron chi connectivity index (χ0n) is 12.6. The number of fused-ring (bicyclic) bond motifs is 1. The third-order valence-electron chi connectivity index (χ3n) is 5.22. The number of piperidine rings is 1. The standard InChI is InChI=1S/C16H32N2/c1-13(2)14(3)17-10-12-18-11-6-8-15-7-4-5-9-16(15)18/h13-17H,4-12H2,1-3H3. The molecular formula is C16H32N2. The van der Waals surface area contributed by atoms with E-state index in [1.165, 1.54) is 58.2 Å². The van der Waals surface area contributed by atoms with Gasteiger partial charge in [0.15, 0.2) is 0 Å². The van der Waals surface area contributed by atoms with Gasteiger partial charge in [0.25, 0.3) is 0 Å². The molecule has 0 aromatic rings. The van der Waals surface area contributed by atoms with Crippen LogP contribution in [0.15, 0.2) is 0 Å². The van der Waals surface area contributed by atoms with Crippen molar-refractivity contribution in [2.24, 2.45) is 11.8 Å². The molecule has 1 aliphatic carbocycles. The Morgan fingerprint density at radius 3 is 2.56 bits per heavy atom. The summed E-state index contributed by atoms with van der Waals surface area (Å²) in [6.07, 6.45) is 8.84. The molecule has 0 amide bonds. The van der Waals surface area contributed by atoms with Crippen molar-refractivity contribution in [2.45, 2.75) is 71.4 Å². The molecule has 0 aromatic heterocycles. The van der Waals surface area contributed by atoms with Crippen LogP contribution in [0.5, 0.6) is 0 Å². The molecule has 3 unspecified atom stereocenters. The van der Waals surface area contributed by atoms with E-state index in [2.05, 4.69) is 31.0 Å². The van der Waals surface area contributed by atoms with Gasteiger partial charge in [0.1, 0.15) is 0 Å². The highest BCUT2D eigenvalue weighted by Gasteiger charge is 2.32. The van der Waals surface area contributed by atoms with E-state index in [1.54, 1.807) is 0 Å². The minimum absolute atomic E-state index is 0.650. The average Bonchev–Trinajstić information content (AvgIpc) is 2.38. The van der Waals surface area contributed by atoms with Crippen LogP contribution in [0.2, 0.25) is 0 Å². The largest absolute Gasteiger partial charge is 0.313 e. The van der Waals surface area contributed by atoms with Crippen LogP contribution in [-0.2, 0) is 0 Å². The summed E-state index contributed by atoms with van der Waals surface area (Å²) in [5.41, 5.74) is 0. The van der Waals surface area contributed by atoms with E-state index in [4.69, 9.17) is 0 Å². The Morgan fingerprint density at radius 1 is 1.06 bits per heavy atom. The lowest BCUT2D eigenvalue weighted by molar-refractivity contribution is 0.0610. The molecule has 106 valence electrons. The lowest BCUT2D eigenvalue weighted by Gasteiger charge is -2.44. The first-order valence-electron chi connectivity index (χ1n) is 8.16. The number of rotatable bonds is 5. The molecule has 3 atom stereocenters. The van der Waals surface area contributed by atoms with Gasteiger partial charge in [-0.15, -0.1) is 0 Å². The van der Waals surface area contributed by atoms with Crippen molar-refractivity contribution in [3.63, 3.8) is 0 Å². The molecule has 0 spiro atoms. The second-order valence-electron chi connectivity index (χ2n) is 6.78. The Kier molecular flexibility index (Phi) is 5.50. The maximum absolute atomic E-state index is 3.68. The van der Waals surface area contributed by atoms with Gasteiger partial charge in [0, 0.05) is 25.2 Å². The second kappa shape index (κ2) is 6.91. The summed E-state index contributed by atoms with van der Waals surface area (Å²) >= 11 is 0. The molecule has 2 heteroatoms. The SMILES string of the molecule is CC(C)C(C)NCCN1CCCC2CCCCC21. The molecule has 2 aliphatic rings. The van der Waals surface area contributed by atoms with Crippen LogP contribution in [0.1, 0.15) is 59.3 Å². The molecule has 1 saturated heterocycles. The third kappa shape index (κ3) is 3.71. The molecule has 2 rings (SSSR count). The Morgan fingerprint density at radius 2 is 1.78 bits per heavy atom. The first-order chi connectivity index (χ1) is 8.68. The number of hydrogen-bond donors (Lipinski definition) is 1. The van der Waals surface area contributed by atoms with E-state index in [9.17, 15) is 0 Å². The summed E-state index contributed by atoms with van der Waals surface area (Å²) in [5.74, 6) is 1.77. The molecule has 2 fully saturated rings. The first-order valence-corrected chi connectivity index (χ1v) is 8.16. The normalized spacial score (nSPS) is 31.3. The zero-order chi connectivity index (χ0) is 13.0. The Bertz CT molecular complexity index is 237. The summed E-state index contributed by atoms with van der Waals surface area (Å²) < 4.78 is 0. The maximum atomic E-state index is 3.68. The van der Waals surface area contributed by atoms with Gasteiger partial charge in [0.2, 0.25) is 0 Å². The summed E-state index contributed by atoms with van der Waals surface area (Å²) in [7, 11) is 0. The van der Waals surface area contributed by atoms with Gasteiger partial charge >= 0.3 is 0 Å². The Labute approximate surface area is 114 Å². The van der Waals surface area contributed by atoms with Crippen molar-refractivity contribution < 1.29 is 0 Å². The van der Waals surface area contributed by atoms with E-state index in [0.717, 1.165) is 17.9 Å². The molecule has 0 bridgehead atoms. The molecule has 1 N–H and O–H groups in total. The van der Waals surface area contributed by atoms with E-state index in [1.807, 2.05) is 0 Å². The Hall–Kier alpha value is -0.0800. The van der Waals surface area contributed by atoms with Crippen LogP contribution in [0.3, 0.4) is 0 Å². The monoisotopic (exact) mass is 252 g/mol. The molecule has 1 saturated carbocycles. The highest BCUT2D eigenvalue weighted by molar-refractivity contribution is 4.87. The second-order valence-corrected chi connectivity index (χ2v) is 6.78. The fourth-order valence-corrected chi connectivity index (χ4v) is 3.68. The van der Waals surface area contributed by atoms with Gasteiger partial charge in [-0.05, 0) is 51.0 Å². The van der Waals surface area contributed by atoms with Gasteiger partial charge in [-0.25, -0.2) is 0 Å². The summed E-state index contributed by atoms with van der Waals surface area (Å²) in [5, 5.41) is 3.68. The summed E-state index contributed by atoms with van der Waals surface area (Å²) in [4.78, 5) is 2.79. The molecule has 0 aromatic carbocycles. The number of hydrogen-bond acceptors (Lipinski definition) is 2. The van der Waals surface area contributed by atoms with Gasteiger partial charge in [-0.2, -0.15) is 0 Å². The minimum Gasteiger partial charge on any atom is -0.313 e. The predicted octanol–water partition coefficient (Wildman–Crippen LogP) is 3.28. The van der Waals surface area contributed by atoms with Gasteiger partial charge in [0.05, 0.1) is 0 Å². The van der Waals surface area contributed by atoms with Crippen LogP contribution in [0, 0.1) is 11.8 Å². The molecule has 18 heavy (non-hydrogen) atoms. The van der Waals surface area contributed by atoms with Crippen LogP contribution < -0.4 is 5.32 Å². The first kappa shape index (κ1) is 14.3.